The summed E-state index contributed by atoms with van der Waals surface area (Å²) in [4.78, 5) is 36.2. The first kappa shape index (κ1) is 24.0. The van der Waals surface area contributed by atoms with Crippen LogP contribution in [-0.2, 0) is 16.0 Å². The lowest BCUT2D eigenvalue weighted by Gasteiger charge is -2.16. The maximum Gasteiger partial charge on any atom is 0.411 e. The number of hydrogen-bond donors (Lipinski definition) is 4. The second-order valence-electron chi connectivity index (χ2n) is 8.25. The van der Waals surface area contributed by atoms with Crippen LogP contribution < -0.4 is 10.6 Å². The molecule has 1 aliphatic rings. The van der Waals surface area contributed by atoms with Crippen molar-refractivity contribution in [3.8, 4) is 11.1 Å². The van der Waals surface area contributed by atoms with Crippen LogP contribution in [0.5, 0.6) is 0 Å². The molecule has 2 amide bonds. The summed E-state index contributed by atoms with van der Waals surface area (Å²) in [7, 11) is 0. The molecule has 180 valence electrons. The molecule has 0 radical (unpaired) electrons. The minimum Gasteiger partial charge on any atom is -0.479 e. The third kappa shape index (κ3) is 5.17. The topological polar surface area (TPSA) is 125 Å². The van der Waals surface area contributed by atoms with Crippen molar-refractivity contribution in [2.24, 2.45) is 0 Å². The second kappa shape index (κ2) is 10.4. The minimum absolute atomic E-state index is 0.101. The van der Waals surface area contributed by atoms with Crippen molar-refractivity contribution < 1.29 is 29.3 Å². The third-order valence-corrected chi connectivity index (χ3v) is 6.06. The van der Waals surface area contributed by atoms with E-state index in [0.717, 1.165) is 27.8 Å². The van der Waals surface area contributed by atoms with E-state index in [-0.39, 0.29) is 23.8 Å². The number of ether oxygens (including phenoxy) is 1. The van der Waals surface area contributed by atoms with E-state index in [9.17, 15) is 19.5 Å². The molecular formula is C27H26N2O6. The monoisotopic (exact) mass is 474 g/mol. The predicted octanol–water partition coefficient (Wildman–Crippen LogP) is 3.79. The van der Waals surface area contributed by atoms with E-state index in [4.69, 9.17) is 9.84 Å². The van der Waals surface area contributed by atoms with Crippen LogP contribution in [0, 0.1) is 0 Å². The average Bonchev–Trinajstić information content (AvgIpc) is 3.19. The highest BCUT2D eigenvalue weighted by Crippen LogP contribution is 2.44. The summed E-state index contributed by atoms with van der Waals surface area (Å²) in [6.07, 6.45) is -1.79. The van der Waals surface area contributed by atoms with Gasteiger partial charge in [0.1, 0.15) is 6.61 Å². The summed E-state index contributed by atoms with van der Waals surface area (Å²) in [6, 6.07) is 21.0. The van der Waals surface area contributed by atoms with Gasteiger partial charge >= 0.3 is 12.1 Å². The molecule has 0 bridgehead atoms. The molecule has 0 saturated carbocycles. The number of fused-ring (bicyclic) bond motifs is 3. The van der Waals surface area contributed by atoms with Gasteiger partial charge in [0.2, 0.25) is 0 Å². The van der Waals surface area contributed by atoms with Gasteiger partial charge in [-0.3, -0.25) is 10.1 Å². The summed E-state index contributed by atoms with van der Waals surface area (Å²) < 4.78 is 5.57. The van der Waals surface area contributed by atoms with E-state index in [1.807, 2.05) is 43.3 Å². The summed E-state index contributed by atoms with van der Waals surface area (Å²) in [5.74, 6) is -2.16. The predicted molar refractivity (Wildman–Crippen MR) is 130 cm³/mol. The molecular weight excluding hydrogens is 448 g/mol. The number of carboxylic acid groups (broad SMARTS) is 1. The van der Waals surface area contributed by atoms with Gasteiger partial charge < -0.3 is 20.3 Å². The van der Waals surface area contributed by atoms with Crippen molar-refractivity contribution in [1.29, 1.82) is 0 Å². The normalized spacial score (nSPS) is 12.9. The first-order chi connectivity index (χ1) is 16.9. The SMILES string of the molecule is CCc1ccc(NC(=O)OCC2c3ccccc3-c3ccccc32)c(C(=O)NCC(O)C(=O)O)c1. The molecule has 4 rings (SSSR count). The van der Waals surface area contributed by atoms with Crippen LogP contribution in [-0.4, -0.2) is 47.4 Å². The average molecular weight is 475 g/mol. The lowest BCUT2D eigenvalue weighted by atomic mass is 9.98. The Bertz CT molecular complexity index is 1230. The summed E-state index contributed by atoms with van der Waals surface area (Å²) >= 11 is 0. The first-order valence-electron chi connectivity index (χ1n) is 11.3. The van der Waals surface area contributed by atoms with Gasteiger partial charge in [0, 0.05) is 5.92 Å². The molecule has 3 aromatic carbocycles. The van der Waals surface area contributed by atoms with Gasteiger partial charge in [-0.05, 0) is 46.4 Å². The van der Waals surface area contributed by atoms with E-state index in [0.29, 0.717) is 6.42 Å². The Morgan fingerprint density at radius 1 is 0.971 bits per heavy atom. The Kier molecular flexibility index (Phi) is 7.12. The highest BCUT2D eigenvalue weighted by molar-refractivity contribution is 6.03. The zero-order valence-corrected chi connectivity index (χ0v) is 19.2. The maximum atomic E-state index is 12.7. The van der Waals surface area contributed by atoms with Crippen molar-refractivity contribution in [2.75, 3.05) is 18.5 Å². The number of aliphatic carboxylic acids is 1. The fourth-order valence-electron chi connectivity index (χ4n) is 4.22. The molecule has 0 saturated heterocycles. The largest absolute Gasteiger partial charge is 0.479 e. The standard InChI is InChI=1S/C27H26N2O6/c1-2-16-11-12-23(21(13-16)25(31)28-14-24(30)26(32)33)29-27(34)35-15-22-19-9-5-3-7-17(19)18-8-4-6-10-20(18)22/h3-13,22,24,30H,2,14-15H2,1H3,(H,28,31)(H,29,34)(H,32,33). The molecule has 3 aromatic rings. The Hall–Kier alpha value is -4.17. The molecule has 8 heteroatoms. The highest BCUT2D eigenvalue weighted by Gasteiger charge is 2.29. The molecule has 0 heterocycles. The number of aryl methyl sites for hydroxylation is 1. The quantitative estimate of drug-likeness (QED) is 0.394. The van der Waals surface area contributed by atoms with Gasteiger partial charge in [-0.2, -0.15) is 0 Å². The Morgan fingerprint density at radius 3 is 2.20 bits per heavy atom. The number of aliphatic hydroxyl groups excluding tert-OH is 1. The molecule has 4 N–H and O–H groups in total. The van der Waals surface area contributed by atoms with Crippen molar-refractivity contribution in [1.82, 2.24) is 5.32 Å². The number of hydrogen-bond acceptors (Lipinski definition) is 5. The molecule has 1 aliphatic carbocycles. The number of nitrogens with one attached hydrogen (secondary N) is 2. The smallest absolute Gasteiger partial charge is 0.411 e. The van der Waals surface area contributed by atoms with Gasteiger partial charge in [-0.1, -0.05) is 61.5 Å². The lowest BCUT2D eigenvalue weighted by Crippen LogP contribution is -2.36. The van der Waals surface area contributed by atoms with Crippen LogP contribution in [0.1, 0.15) is 39.9 Å². The van der Waals surface area contributed by atoms with E-state index in [2.05, 4.69) is 22.8 Å². The van der Waals surface area contributed by atoms with E-state index in [1.165, 1.54) is 0 Å². The summed E-state index contributed by atoms with van der Waals surface area (Å²) in [5, 5.41) is 23.3. The first-order valence-corrected chi connectivity index (χ1v) is 11.3. The van der Waals surface area contributed by atoms with Crippen LogP contribution in [0.4, 0.5) is 10.5 Å². The third-order valence-electron chi connectivity index (χ3n) is 6.06. The lowest BCUT2D eigenvalue weighted by molar-refractivity contribution is -0.146. The number of aliphatic hydroxyl groups is 1. The molecule has 1 atom stereocenters. The second-order valence-corrected chi connectivity index (χ2v) is 8.25. The minimum atomic E-state index is -1.73. The number of anilines is 1. The Morgan fingerprint density at radius 2 is 1.60 bits per heavy atom. The zero-order valence-electron chi connectivity index (χ0n) is 19.2. The summed E-state index contributed by atoms with van der Waals surface area (Å²) in [5.41, 5.74) is 5.64. The van der Waals surface area contributed by atoms with Crippen molar-refractivity contribution in [2.45, 2.75) is 25.4 Å². The van der Waals surface area contributed by atoms with E-state index < -0.39 is 30.6 Å². The fraction of sp³-hybridized carbons (Fsp3) is 0.222. The molecule has 0 aliphatic heterocycles. The number of rotatable bonds is 8. The van der Waals surface area contributed by atoms with Gasteiger partial charge in [0.25, 0.3) is 5.91 Å². The van der Waals surface area contributed by atoms with Crippen LogP contribution in [0.25, 0.3) is 11.1 Å². The van der Waals surface area contributed by atoms with Gasteiger partial charge in [-0.25, -0.2) is 9.59 Å². The maximum absolute atomic E-state index is 12.7. The van der Waals surface area contributed by atoms with E-state index in [1.54, 1.807) is 18.2 Å². The van der Waals surface area contributed by atoms with Gasteiger partial charge in [0.15, 0.2) is 6.10 Å². The van der Waals surface area contributed by atoms with Crippen LogP contribution in [0.15, 0.2) is 66.7 Å². The molecule has 0 spiro atoms. The molecule has 0 fully saturated rings. The van der Waals surface area contributed by atoms with E-state index >= 15 is 0 Å². The van der Waals surface area contributed by atoms with Crippen molar-refractivity contribution >= 4 is 23.7 Å². The number of carboxylic acids is 1. The van der Waals surface area contributed by atoms with Crippen LogP contribution >= 0.6 is 0 Å². The highest BCUT2D eigenvalue weighted by atomic mass is 16.5. The van der Waals surface area contributed by atoms with Crippen molar-refractivity contribution in [3.05, 3.63) is 89.0 Å². The molecule has 8 nitrogen and oxygen atoms in total. The van der Waals surface area contributed by atoms with Gasteiger partial charge in [-0.15, -0.1) is 0 Å². The number of carbonyl (C=O) groups is 3. The molecule has 35 heavy (non-hydrogen) atoms. The van der Waals surface area contributed by atoms with Crippen molar-refractivity contribution in [3.63, 3.8) is 0 Å². The molecule has 0 aromatic heterocycles. The fourth-order valence-corrected chi connectivity index (χ4v) is 4.22. The Labute approximate surface area is 202 Å². The Balaban J connectivity index is 1.47. The molecule has 1 unspecified atom stereocenters. The number of carbonyl (C=O) groups excluding carboxylic acids is 2. The van der Waals surface area contributed by atoms with Crippen LogP contribution in [0.2, 0.25) is 0 Å². The van der Waals surface area contributed by atoms with Gasteiger partial charge in [0.05, 0.1) is 17.8 Å². The van der Waals surface area contributed by atoms with Crippen LogP contribution in [0.3, 0.4) is 0 Å². The number of amides is 2. The summed E-state index contributed by atoms with van der Waals surface area (Å²) in [6.45, 7) is 1.58. The number of benzene rings is 3. The zero-order chi connectivity index (χ0) is 24.9.